The molecule has 0 saturated carbocycles. The number of amides is 2. The smallest absolute Gasteiger partial charge is 0.326 e. The molecule has 8 heteroatoms. The molecule has 0 aliphatic heterocycles. The van der Waals surface area contributed by atoms with E-state index in [4.69, 9.17) is 14.6 Å². The lowest BCUT2D eigenvalue weighted by atomic mass is 10.2. The zero-order valence-corrected chi connectivity index (χ0v) is 13.9. The number of carboxylic acids is 1. The Bertz CT molecular complexity index is 590. The predicted octanol–water partition coefficient (Wildman–Crippen LogP) is 0.512. The number of hydrogen-bond acceptors (Lipinski definition) is 5. The van der Waals surface area contributed by atoms with Crippen LogP contribution in [0.3, 0.4) is 0 Å². The molecule has 0 aliphatic carbocycles. The van der Waals surface area contributed by atoms with Crippen LogP contribution in [0.25, 0.3) is 0 Å². The first kappa shape index (κ1) is 19.3. The fourth-order valence-corrected chi connectivity index (χ4v) is 1.94. The Kier molecular flexibility index (Phi) is 7.54. The maximum Gasteiger partial charge on any atom is 0.326 e. The van der Waals surface area contributed by atoms with Gasteiger partial charge in [0.2, 0.25) is 5.91 Å². The van der Waals surface area contributed by atoms with E-state index in [1.54, 1.807) is 24.3 Å². The molecule has 0 aromatic heterocycles. The number of carboxylic acid groups (broad SMARTS) is 1. The minimum atomic E-state index is -1.13. The molecular formula is C16H22N2O6. The maximum absolute atomic E-state index is 12.3. The fraction of sp³-hybridized carbons (Fsp3) is 0.438. The molecule has 8 nitrogen and oxygen atoms in total. The molecule has 1 aromatic rings. The normalized spacial score (nSPS) is 11.3. The second-order valence-electron chi connectivity index (χ2n) is 5.05. The molecule has 0 heterocycles. The minimum Gasteiger partial charge on any atom is -0.497 e. The quantitative estimate of drug-likeness (QED) is 0.680. The van der Waals surface area contributed by atoms with E-state index >= 15 is 0 Å². The van der Waals surface area contributed by atoms with Gasteiger partial charge in [0.05, 0.1) is 7.11 Å². The van der Waals surface area contributed by atoms with Gasteiger partial charge in [-0.05, 0) is 19.1 Å². The minimum absolute atomic E-state index is 0.0767. The SMILES string of the molecule is COc1cccc(OCC(=O)N(CCNC(C)=O)C(C)C(=O)O)c1. The van der Waals surface area contributed by atoms with Crippen molar-refractivity contribution in [2.24, 2.45) is 0 Å². The van der Waals surface area contributed by atoms with Gasteiger partial charge in [-0.15, -0.1) is 0 Å². The van der Waals surface area contributed by atoms with Crippen molar-refractivity contribution in [3.8, 4) is 11.5 Å². The zero-order chi connectivity index (χ0) is 18.1. The number of nitrogens with one attached hydrogen (secondary N) is 1. The van der Waals surface area contributed by atoms with Gasteiger partial charge in [0.15, 0.2) is 6.61 Å². The lowest BCUT2D eigenvalue weighted by molar-refractivity contribution is -0.150. The lowest BCUT2D eigenvalue weighted by Gasteiger charge is -2.26. The first-order valence-corrected chi connectivity index (χ1v) is 7.38. The molecule has 0 aliphatic rings. The maximum atomic E-state index is 12.3. The van der Waals surface area contributed by atoms with E-state index in [0.29, 0.717) is 11.5 Å². The summed E-state index contributed by atoms with van der Waals surface area (Å²) in [4.78, 5) is 35.5. The summed E-state index contributed by atoms with van der Waals surface area (Å²) in [6.07, 6.45) is 0. The summed E-state index contributed by atoms with van der Waals surface area (Å²) in [5.41, 5.74) is 0. The van der Waals surface area contributed by atoms with E-state index < -0.39 is 17.9 Å². The number of benzene rings is 1. The third kappa shape index (κ3) is 6.15. The van der Waals surface area contributed by atoms with Crippen LogP contribution < -0.4 is 14.8 Å². The first-order valence-electron chi connectivity index (χ1n) is 7.38. The fourth-order valence-electron chi connectivity index (χ4n) is 1.94. The largest absolute Gasteiger partial charge is 0.497 e. The molecule has 1 aromatic carbocycles. The van der Waals surface area contributed by atoms with Crippen LogP contribution >= 0.6 is 0 Å². The second kappa shape index (κ2) is 9.39. The number of aliphatic carboxylic acids is 1. The third-order valence-corrected chi connectivity index (χ3v) is 3.28. The van der Waals surface area contributed by atoms with Crippen LogP contribution in [0.4, 0.5) is 0 Å². The van der Waals surface area contributed by atoms with Crippen molar-refractivity contribution in [3.05, 3.63) is 24.3 Å². The predicted molar refractivity (Wildman–Crippen MR) is 86.0 cm³/mol. The molecule has 0 saturated heterocycles. The Hall–Kier alpha value is -2.77. The number of nitrogens with zero attached hydrogens (tertiary/aromatic N) is 1. The monoisotopic (exact) mass is 338 g/mol. The first-order chi connectivity index (χ1) is 11.3. The lowest BCUT2D eigenvalue weighted by Crippen LogP contribution is -2.48. The van der Waals surface area contributed by atoms with Crippen LogP contribution in [-0.2, 0) is 14.4 Å². The van der Waals surface area contributed by atoms with E-state index in [1.165, 1.54) is 21.0 Å². The molecule has 0 spiro atoms. The molecule has 24 heavy (non-hydrogen) atoms. The van der Waals surface area contributed by atoms with Crippen molar-refractivity contribution in [3.63, 3.8) is 0 Å². The van der Waals surface area contributed by atoms with Crippen LogP contribution in [0.1, 0.15) is 13.8 Å². The summed E-state index contributed by atoms with van der Waals surface area (Å²) >= 11 is 0. The molecule has 132 valence electrons. The van der Waals surface area contributed by atoms with Crippen LogP contribution in [0.15, 0.2) is 24.3 Å². The van der Waals surface area contributed by atoms with Gasteiger partial charge in [-0.25, -0.2) is 4.79 Å². The Balaban J connectivity index is 2.68. The molecule has 1 rings (SSSR count). The molecule has 0 bridgehead atoms. The van der Waals surface area contributed by atoms with Gasteiger partial charge in [0, 0.05) is 26.1 Å². The number of carbonyl (C=O) groups excluding carboxylic acids is 2. The van der Waals surface area contributed by atoms with Gasteiger partial charge < -0.3 is 24.8 Å². The van der Waals surface area contributed by atoms with Gasteiger partial charge in [0.1, 0.15) is 17.5 Å². The number of ether oxygens (including phenoxy) is 2. The average molecular weight is 338 g/mol. The van der Waals surface area contributed by atoms with Crippen molar-refractivity contribution in [1.29, 1.82) is 0 Å². The summed E-state index contributed by atoms with van der Waals surface area (Å²) in [7, 11) is 1.52. The number of methoxy groups -OCH3 is 1. The number of carbonyl (C=O) groups is 3. The Morgan fingerprint density at radius 2 is 1.96 bits per heavy atom. The van der Waals surface area contributed by atoms with Gasteiger partial charge >= 0.3 is 5.97 Å². The molecule has 0 radical (unpaired) electrons. The zero-order valence-electron chi connectivity index (χ0n) is 13.9. The van der Waals surface area contributed by atoms with Crippen LogP contribution in [-0.4, -0.2) is 60.6 Å². The molecule has 1 atom stereocenters. The van der Waals surface area contributed by atoms with E-state index in [-0.39, 0.29) is 25.6 Å². The van der Waals surface area contributed by atoms with Crippen molar-refractivity contribution >= 4 is 17.8 Å². The summed E-state index contributed by atoms with van der Waals surface area (Å²) in [5, 5.41) is 11.7. The van der Waals surface area contributed by atoms with Crippen LogP contribution in [0.5, 0.6) is 11.5 Å². The highest BCUT2D eigenvalue weighted by molar-refractivity contribution is 5.84. The van der Waals surface area contributed by atoms with Crippen molar-refractivity contribution in [1.82, 2.24) is 10.2 Å². The average Bonchev–Trinajstić information content (AvgIpc) is 2.55. The van der Waals surface area contributed by atoms with Gasteiger partial charge in [-0.2, -0.15) is 0 Å². The van der Waals surface area contributed by atoms with Crippen LogP contribution in [0, 0.1) is 0 Å². The van der Waals surface area contributed by atoms with E-state index in [9.17, 15) is 14.4 Å². The molecular weight excluding hydrogens is 316 g/mol. The molecule has 0 fully saturated rings. The Morgan fingerprint density at radius 1 is 1.29 bits per heavy atom. The summed E-state index contributed by atoms with van der Waals surface area (Å²) in [6.45, 7) is 2.67. The highest BCUT2D eigenvalue weighted by Crippen LogP contribution is 2.18. The Labute approximate surface area is 140 Å². The number of hydrogen-bond donors (Lipinski definition) is 2. The van der Waals surface area contributed by atoms with Crippen LogP contribution in [0.2, 0.25) is 0 Å². The Morgan fingerprint density at radius 3 is 2.54 bits per heavy atom. The van der Waals surface area contributed by atoms with Crippen molar-refractivity contribution < 1.29 is 29.0 Å². The second-order valence-corrected chi connectivity index (χ2v) is 5.05. The molecule has 1 unspecified atom stereocenters. The highest BCUT2D eigenvalue weighted by atomic mass is 16.5. The summed E-state index contributed by atoms with van der Waals surface area (Å²) in [6, 6.07) is 5.71. The van der Waals surface area contributed by atoms with Crippen molar-refractivity contribution in [2.45, 2.75) is 19.9 Å². The van der Waals surface area contributed by atoms with Gasteiger partial charge in [-0.3, -0.25) is 9.59 Å². The highest BCUT2D eigenvalue weighted by Gasteiger charge is 2.25. The third-order valence-electron chi connectivity index (χ3n) is 3.28. The van der Waals surface area contributed by atoms with Crippen molar-refractivity contribution in [2.75, 3.05) is 26.8 Å². The number of rotatable bonds is 9. The molecule has 2 amide bonds. The summed E-state index contributed by atoms with van der Waals surface area (Å²) in [5.74, 6) is -0.850. The van der Waals surface area contributed by atoms with E-state index in [0.717, 1.165) is 4.90 Å². The molecule has 2 N–H and O–H groups in total. The standard InChI is InChI=1S/C16H22N2O6/c1-11(16(21)22)18(8-7-17-12(2)19)15(20)10-24-14-6-4-5-13(9-14)23-3/h4-6,9,11H,7-8,10H2,1-3H3,(H,17,19)(H,21,22). The van der Waals surface area contributed by atoms with E-state index in [1.807, 2.05) is 0 Å². The van der Waals surface area contributed by atoms with Gasteiger partial charge in [0.25, 0.3) is 5.91 Å². The van der Waals surface area contributed by atoms with Gasteiger partial charge in [-0.1, -0.05) is 6.07 Å². The summed E-state index contributed by atoms with van der Waals surface area (Å²) < 4.78 is 10.5. The van der Waals surface area contributed by atoms with E-state index in [2.05, 4.69) is 5.32 Å². The topological polar surface area (TPSA) is 105 Å².